The molecule has 2 atom stereocenters. The first-order valence-electron chi connectivity index (χ1n) is 7.12. The van der Waals surface area contributed by atoms with Crippen LogP contribution >= 0.6 is 0 Å². The highest BCUT2D eigenvalue weighted by molar-refractivity contribution is 5.74. The minimum atomic E-state index is 0.247. The van der Waals surface area contributed by atoms with Crippen LogP contribution in [0.1, 0.15) is 44.1 Å². The highest BCUT2D eigenvalue weighted by atomic mass is 16.5. The fourth-order valence-corrected chi connectivity index (χ4v) is 3.86. The van der Waals surface area contributed by atoms with Crippen LogP contribution in [0, 0.1) is 0 Å². The van der Waals surface area contributed by atoms with Gasteiger partial charge in [-0.15, -0.1) is 0 Å². The Morgan fingerprint density at radius 1 is 1.26 bits per heavy atom. The number of rotatable bonds is 2. The van der Waals surface area contributed by atoms with Gasteiger partial charge in [-0.05, 0) is 49.3 Å². The number of fused-ring (bicyclic) bond motifs is 2. The summed E-state index contributed by atoms with van der Waals surface area (Å²) < 4.78 is 5.31. The van der Waals surface area contributed by atoms with Gasteiger partial charge in [-0.25, -0.2) is 0 Å². The lowest BCUT2D eigenvalue weighted by Crippen LogP contribution is -2.44. The van der Waals surface area contributed by atoms with Gasteiger partial charge in [0.25, 0.3) is 0 Å². The van der Waals surface area contributed by atoms with Crippen LogP contribution in [0.15, 0.2) is 24.3 Å². The van der Waals surface area contributed by atoms with Crippen molar-refractivity contribution in [2.45, 2.75) is 50.6 Å². The van der Waals surface area contributed by atoms with E-state index in [1.54, 1.807) is 14.0 Å². The topological polar surface area (TPSA) is 29.5 Å². The van der Waals surface area contributed by atoms with E-state index in [1.807, 2.05) is 6.07 Å². The fourth-order valence-electron chi connectivity index (χ4n) is 3.86. The van der Waals surface area contributed by atoms with Crippen molar-refractivity contribution < 1.29 is 9.53 Å². The van der Waals surface area contributed by atoms with Crippen molar-refractivity contribution in [3.8, 4) is 5.75 Å². The first kappa shape index (κ1) is 12.5. The molecule has 2 heterocycles. The van der Waals surface area contributed by atoms with E-state index in [-0.39, 0.29) is 5.91 Å². The van der Waals surface area contributed by atoms with Gasteiger partial charge in [-0.1, -0.05) is 12.1 Å². The Kier molecular flexibility index (Phi) is 3.21. The van der Waals surface area contributed by atoms with Crippen LogP contribution in [0.25, 0.3) is 0 Å². The van der Waals surface area contributed by atoms with Gasteiger partial charge in [0.05, 0.1) is 7.11 Å². The average molecular weight is 259 g/mol. The molecule has 1 aromatic rings. The Labute approximate surface area is 114 Å². The van der Waals surface area contributed by atoms with Gasteiger partial charge in [0.15, 0.2) is 0 Å². The molecule has 1 aromatic carbocycles. The molecular weight excluding hydrogens is 238 g/mol. The molecule has 2 saturated heterocycles. The summed E-state index contributed by atoms with van der Waals surface area (Å²) in [7, 11) is 1.71. The second-order valence-corrected chi connectivity index (χ2v) is 5.76. The summed E-state index contributed by atoms with van der Waals surface area (Å²) in [6.45, 7) is 1.71. The lowest BCUT2D eigenvalue weighted by atomic mass is 9.85. The number of methoxy groups -OCH3 is 1. The lowest BCUT2D eigenvalue weighted by Gasteiger charge is -2.38. The molecule has 0 radical (unpaired) electrons. The molecule has 0 saturated carbocycles. The Morgan fingerprint density at radius 2 is 1.95 bits per heavy atom. The molecule has 19 heavy (non-hydrogen) atoms. The maximum atomic E-state index is 11.7. The Bertz CT molecular complexity index is 471. The normalized spacial score (nSPS) is 29.4. The largest absolute Gasteiger partial charge is 0.497 e. The predicted molar refractivity (Wildman–Crippen MR) is 74.3 cm³/mol. The van der Waals surface area contributed by atoms with Crippen LogP contribution in [0.3, 0.4) is 0 Å². The molecule has 1 amide bonds. The third-order valence-corrected chi connectivity index (χ3v) is 4.66. The van der Waals surface area contributed by atoms with Crippen molar-refractivity contribution in [3.63, 3.8) is 0 Å². The number of benzene rings is 1. The van der Waals surface area contributed by atoms with E-state index in [2.05, 4.69) is 23.1 Å². The molecule has 3 heteroatoms. The molecule has 2 fully saturated rings. The minimum Gasteiger partial charge on any atom is -0.497 e. The highest BCUT2D eigenvalue weighted by Crippen LogP contribution is 2.43. The maximum Gasteiger partial charge on any atom is 0.219 e. The Hall–Kier alpha value is -1.51. The van der Waals surface area contributed by atoms with Gasteiger partial charge in [0.1, 0.15) is 5.75 Å². The number of ether oxygens (including phenoxy) is 1. The van der Waals surface area contributed by atoms with Crippen molar-refractivity contribution in [1.29, 1.82) is 0 Å². The van der Waals surface area contributed by atoms with Gasteiger partial charge >= 0.3 is 0 Å². The highest BCUT2D eigenvalue weighted by Gasteiger charge is 2.42. The van der Waals surface area contributed by atoms with E-state index in [1.165, 1.54) is 18.4 Å². The molecule has 0 spiro atoms. The number of nitrogens with zero attached hydrogens (tertiary/aromatic N) is 1. The SMILES string of the molecule is COc1cccc(C2CC3CCC(C2)N3C(C)=O)c1. The summed E-state index contributed by atoms with van der Waals surface area (Å²) in [5.74, 6) is 1.75. The molecule has 2 bridgehead atoms. The standard InChI is InChI=1S/C16H21NO2/c1-11(18)17-14-6-7-15(17)9-13(8-14)12-4-3-5-16(10-12)19-2/h3-5,10,13-15H,6-9H2,1-2H3. The number of hydrogen-bond donors (Lipinski definition) is 0. The summed E-state index contributed by atoms with van der Waals surface area (Å²) >= 11 is 0. The van der Waals surface area contributed by atoms with Crippen molar-refractivity contribution >= 4 is 5.91 Å². The quantitative estimate of drug-likeness (QED) is 0.817. The second-order valence-electron chi connectivity index (χ2n) is 5.76. The smallest absolute Gasteiger partial charge is 0.219 e. The number of carbonyl (C=O) groups excluding carboxylic acids is 1. The van der Waals surface area contributed by atoms with E-state index in [0.29, 0.717) is 18.0 Å². The van der Waals surface area contributed by atoms with E-state index in [4.69, 9.17) is 4.74 Å². The van der Waals surface area contributed by atoms with Crippen molar-refractivity contribution in [1.82, 2.24) is 4.90 Å². The van der Waals surface area contributed by atoms with Gasteiger partial charge in [0.2, 0.25) is 5.91 Å². The molecule has 0 N–H and O–H groups in total. The zero-order chi connectivity index (χ0) is 13.4. The third kappa shape index (κ3) is 2.22. The average Bonchev–Trinajstić information content (AvgIpc) is 2.70. The van der Waals surface area contributed by atoms with Crippen LogP contribution in [0.4, 0.5) is 0 Å². The maximum absolute atomic E-state index is 11.7. The predicted octanol–water partition coefficient (Wildman–Crippen LogP) is 2.95. The number of amides is 1. The van der Waals surface area contributed by atoms with Gasteiger partial charge in [-0.3, -0.25) is 4.79 Å². The number of hydrogen-bond acceptors (Lipinski definition) is 2. The van der Waals surface area contributed by atoms with Crippen LogP contribution in [-0.2, 0) is 4.79 Å². The lowest BCUT2D eigenvalue weighted by molar-refractivity contribution is -0.133. The van der Waals surface area contributed by atoms with Gasteiger partial charge in [-0.2, -0.15) is 0 Å². The molecule has 2 unspecified atom stereocenters. The third-order valence-electron chi connectivity index (χ3n) is 4.66. The fraction of sp³-hybridized carbons (Fsp3) is 0.562. The summed E-state index contributed by atoms with van der Waals surface area (Å²) in [6, 6.07) is 9.29. The summed E-state index contributed by atoms with van der Waals surface area (Å²) in [5.41, 5.74) is 1.36. The monoisotopic (exact) mass is 259 g/mol. The molecule has 2 aliphatic rings. The van der Waals surface area contributed by atoms with E-state index < -0.39 is 0 Å². The first-order valence-corrected chi connectivity index (χ1v) is 7.12. The molecule has 102 valence electrons. The summed E-state index contributed by atoms with van der Waals surface area (Å²) in [4.78, 5) is 13.8. The summed E-state index contributed by atoms with van der Waals surface area (Å²) in [6.07, 6.45) is 4.54. The van der Waals surface area contributed by atoms with Crippen molar-refractivity contribution in [2.24, 2.45) is 0 Å². The molecule has 0 aliphatic carbocycles. The van der Waals surface area contributed by atoms with Crippen LogP contribution in [0.5, 0.6) is 5.75 Å². The second kappa shape index (κ2) is 4.87. The molecule has 2 aliphatic heterocycles. The minimum absolute atomic E-state index is 0.247. The summed E-state index contributed by atoms with van der Waals surface area (Å²) in [5, 5.41) is 0. The van der Waals surface area contributed by atoms with E-state index in [0.717, 1.165) is 18.6 Å². The van der Waals surface area contributed by atoms with Gasteiger partial charge in [0, 0.05) is 19.0 Å². The first-order chi connectivity index (χ1) is 9.19. The molecule has 3 rings (SSSR count). The van der Waals surface area contributed by atoms with Crippen LogP contribution in [-0.4, -0.2) is 30.0 Å². The van der Waals surface area contributed by atoms with Crippen LogP contribution in [0.2, 0.25) is 0 Å². The van der Waals surface area contributed by atoms with Crippen molar-refractivity contribution in [2.75, 3.05) is 7.11 Å². The zero-order valence-electron chi connectivity index (χ0n) is 11.6. The molecular formula is C16H21NO2. The zero-order valence-corrected chi connectivity index (χ0v) is 11.6. The van der Waals surface area contributed by atoms with Gasteiger partial charge < -0.3 is 9.64 Å². The van der Waals surface area contributed by atoms with Crippen molar-refractivity contribution in [3.05, 3.63) is 29.8 Å². The Morgan fingerprint density at radius 3 is 2.53 bits per heavy atom. The molecule has 0 aromatic heterocycles. The number of carbonyl (C=O) groups is 1. The van der Waals surface area contributed by atoms with E-state index in [9.17, 15) is 4.79 Å². The number of piperidine rings is 1. The Balaban J connectivity index is 1.80. The van der Waals surface area contributed by atoms with Crippen LogP contribution < -0.4 is 4.74 Å². The molecule has 3 nitrogen and oxygen atoms in total. The van der Waals surface area contributed by atoms with E-state index >= 15 is 0 Å².